The first kappa shape index (κ1) is 17.9. The fraction of sp³-hybridized carbons (Fsp3) is 0.800. The van der Waals surface area contributed by atoms with Gasteiger partial charge in [-0.25, -0.2) is 4.79 Å². The van der Waals surface area contributed by atoms with Gasteiger partial charge in [-0.1, -0.05) is 12.2 Å². The number of carbonyl (C=O) groups is 1. The Morgan fingerprint density at radius 3 is 2.67 bits per heavy atom. The van der Waals surface area contributed by atoms with Crippen LogP contribution in [-0.4, -0.2) is 51.7 Å². The zero-order chi connectivity index (χ0) is 15.2. The van der Waals surface area contributed by atoms with Crippen LogP contribution in [0.1, 0.15) is 32.1 Å². The molecule has 6 nitrogen and oxygen atoms in total. The molecule has 0 saturated heterocycles. The van der Waals surface area contributed by atoms with Gasteiger partial charge in [-0.05, 0) is 32.1 Å². The van der Waals surface area contributed by atoms with Crippen molar-refractivity contribution in [2.45, 2.75) is 38.2 Å². The molecule has 0 aliphatic heterocycles. The highest BCUT2D eigenvalue weighted by Gasteiger charge is 2.14. The molecule has 0 saturated carbocycles. The van der Waals surface area contributed by atoms with Crippen molar-refractivity contribution in [1.29, 1.82) is 0 Å². The van der Waals surface area contributed by atoms with E-state index in [2.05, 4.69) is 17.5 Å². The molecule has 122 valence electrons. The number of hydrogen-bond donors (Lipinski definition) is 2. The molecule has 1 unspecified atom stereocenters. The minimum atomic E-state index is -0.354. The number of allylic oxidation sites excluding steroid dienone is 2. The second kappa shape index (κ2) is 12.6. The van der Waals surface area contributed by atoms with Crippen molar-refractivity contribution >= 4 is 6.09 Å². The van der Waals surface area contributed by atoms with Crippen molar-refractivity contribution in [3.05, 3.63) is 12.2 Å². The third-order valence-electron chi connectivity index (χ3n) is 3.14. The fourth-order valence-electron chi connectivity index (χ4n) is 2.07. The summed E-state index contributed by atoms with van der Waals surface area (Å²) in [7, 11) is 0. The normalized spacial score (nSPS) is 20.3. The van der Waals surface area contributed by atoms with E-state index in [-0.39, 0.29) is 12.2 Å². The minimum absolute atomic E-state index is 0.0283. The lowest BCUT2D eigenvalue weighted by Gasteiger charge is -2.18. The van der Waals surface area contributed by atoms with Gasteiger partial charge in [0.2, 0.25) is 0 Å². The maximum Gasteiger partial charge on any atom is 0.407 e. The number of carbonyl (C=O) groups excluding carboxylic acids is 1. The largest absolute Gasteiger partial charge is 0.446 e. The lowest BCUT2D eigenvalue weighted by atomic mass is 10.0. The number of hydrogen-bond acceptors (Lipinski definition) is 5. The molecule has 1 aliphatic carbocycles. The van der Waals surface area contributed by atoms with Crippen molar-refractivity contribution in [3.8, 4) is 0 Å². The molecule has 1 amide bonds. The zero-order valence-corrected chi connectivity index (χ0v) is 12.7. The Morgan fingerprint density at radius 1 is 1.10 bits per heavy atom. The van der Waals surface area contributed by atoms with E-state index in [0.29, 0.717) is 39.5 Å². The predicted octanol–water partition coefficient (Wildman–Crippen LogP) is 1.59. The summed E-state index contributed by atoms with van der Waals surface area (Å²) in [5.74, 6) is 0. The monoisotopic (exact) mass is 300 g/mol. The molecule has 0 aromatic rings. The van der Waals surface area contributed by atoms with Gasteiger partial charge in [-0.3, -0.25) is 0 Å². The van der Waals surface area contributed by atoms with Crippen molar-refractivity contribution < 1.29 is 19.0 Å². The molecule has 0 spiro atoms. The zero-order valence-electron chi connectivity index (χ0n) is 12.7. The highest BCUT2D eigenvalue weighted by Crippen LogP contribution is 2.15. The third-order valence-corrected chi connectivity index (χ3v) is 3.14. The molecule has 0 aromatic carbocycles. The van der Waals surface area contributed by atoms with Crippen molar-refractivity contribution in [3.63, 3.8) is 0 Å². The van der Waals surface area contributed by atoms with Gasteiger partial charge in [0.25, 0.3) is 0 Å². The average Bonchev–Trinajstić information content (AvgIpc) is 2.44. The molecule has 3 N–H and O–H groups in total. The Labute approximate surface area is 127 Å². The molecular formula is C15H28N2O4. The summed E-state index contributed by atoms with van der Waals surface area (Å²) >= 11 is 0. The summed E-state index contributed by atoms with van der Waals surface area (Å²) in [5, 5.41) is 2.70. The van der Waals surface area contributed by atoms with E-state index in [9.17, 15) is 4.79 Å². The first-order valence-electron chi connectivity index (χ1n) is 7.78. The maximum atomic E-state index is 11.6. The number of nitrogens with two attached hydrogens (primary N) is 1. The van der Waals surface area contributed by atoms with Crippen LogP contribution < -0.4 is 11.1 Å². The number of nitrogens with one attached hydrogen (secondary N) is 1. The van der Waals surface area contributed by atoms with Crippen molar-refractivity contribution in [2.75, 3.05) is 39.5 Å². The van der Waals surface area contributed by atoms with Crippen LogP contribution in [-0.2, 0) is 14.2 Å². The van der Waals surface area contributed by atoms with Gasteiger partial charge in [0.1, 0.15) is 6.10 Å². The first-order chi connectivity index (χ1) is 10.3. The van der Waals surface area contributed by atoms with E-state index in [1.165, 1.54) is 0 Å². The predicted molar refractivity (Wildman–Crippen MR) is 81.2 cm³/mol. The van der Waals surface area contributed by atoms with Crippen LogP contribution >= 0.6 is 0 Å². The summed E-state index contributed by atoms with van der Waals surface area (Å²) in [6, 6.07) is 0. The van der Waals surface area contributed by atoms with E-state index in [0.717, 1.165) is 32.1 Å². The summed E-state index contributed by atoms with van der Waals surface area (Å²) in [5.41, 5.74) is 5.29. The van der Waals surface area contributed by atoms with Gasteiger partial charge in [-0.15, -0.1) is 0 Å². The second-order valence-electron chi connectivity index (χ2n) is 4.95. The number of amides is 1. The van der Waals surface area contributed by atoms with Crippen LogP contribution in [0.15, 0.2) is 12.2 Å². The molecule has 1 atom stereocenters. The topological polar surface area (TPSA) is 82.8 Å². The Morgan fingerprint density at radius 2 is 1.86 bits per heavy atom. The Balaban J connectivity index is 1.96. The highest BCUT2D eigenvalue weighted by molar-refractivity contribution is 5.67. The molecule has 6 heteroatoms. The van der Waals surface area contributed by atoms with Gasteiger partial charge in [0, 0.05) is 13.1 Å². The summed E-state index contributed by atoms with van der Waals surface area (Å²) in [6.07, 6.45) is 8.99. The van der Waals surface area contributed by atoms with E-state index < -0.39 is 0 Å². The van der Waals surface area contributed by atoms with E-state index in [4.69, 9.17) is 19.9 Å². The Hall–Kier alpha value is -1.11. The van der Waals surface area contributed by atoms with Gasteiger partial charge in [-0.2, -0.15) is 0 Å². The molecule has 1 rings (SSSR count). The number of alkyl carbamates (subject to hydrolysis) is 1. The maximum absolute atomic E-state index is 11.6. The quantitative estimate of drug-likeness (QED) is 0.499. The lowest BCUT2D eigenvalue weighted by molar-refractivity contribution is 0.0491. The summed E-state index contributed by atoms with van der Waals surface area (Å²) in [4.78, 5) is 11.6. The SMILES string of the molecule is NCCOCCOCCNC(=O)OC1CC/C=C/CCC1. The van der Waals surface area contributed by atoms with Gasteiger partial charge >= 0.3 is 6.09 Å². The molecule has 0 aromatic heterocycles. The van der Waals surface area contributed by atoms with Crippen molar-refractivity contribution in [1.82, 2.24) is 5.32 Å². The Bertz CT molecular complexity index is 297. The first-order valence-corrected chi connectivity index (χ1v) is 7.78. The van der Waals surface area contributed by atoms with E-state index in [1.807, 2.05) is 0 Å². The molecule has 0 radical (unpaired) electrons. The average molecular weight is 300 g/mol. The van der Waals surface area contributed by atoms with Crippen LogP contribution in [0, 0.1) is 0 Å². The number of rotatable bonds is 9. The molecule has 0 fully saturated rings. The fourth-order valence-corrected chi connectivity index (χ4v) is 2.07. The smallest absolute Gasteiger partial charge is 0.407 e. The molecular weight excluding hydrogens is 272 g/mol. The summed E-state index contributed by atoms with van der Waals surface area (Å²) < 4.78 is 15.9. The van der Waals surface area contributed by atoms with Gasteiger partial charge in [0.15, 0.2) is 0 Å². The van der Waals surface area contributed by atoms with E-state index in [1.54, 1.807) is 0 Å². The van der Waals surface area contributed by atoms with Crippen molar-refractivity contribution in [2.24, 2.45) is 5.73 Å². The molecule has 21 heavy (non-hydrogen) atoms. The van der Waals surface area contributed by atoms with Gasteiger partial charge < -0.3 is 25.3 Å². The van der Waals surface area contributed by atoms with Gasteiger partial charge in [0.05, 0.1) is 26.4 Å². The minimum Gasteiger partial charge on any atom is -0.446 e. The lowest BCUT2D eigenvalue weighted by Crippen LogP contribution is -2.31. The van der Waals surface area contributed by atoms with E-state index >= 15 is 0 Å². The second-order valence-corrected chi connectivity index (χ2v) is 4.95. The highest BCUT2D eigenvalue weighted by atomic mass is 16.6. The van der Waals surface area contributed by atoms with Crippen LogP contribution in [0.5, 0.6) is 0 Å². The summed E-state index contributed by atoms with van der Waals surface area (Å²) in [6.45, 7) is 2.99. The van der Waals surface area contributed by atoms with Crippen LogP contribution in [0.3, 0.4) is 0 Å². The molecule has 0 bridgehead atoms. The van der Waals surface area contributed by atoms with Crippen LogP contribution in [0.4, 0.5) is 4.79 Å². The number of ether oxygens (including phenoxy) is 3. The third kappa shape index (κ3) is 10.3. The van der Waals surface area contributed by atoms with Crippen LogP contribution in [0.2, 0.25) is 0 Å². The van der Waals surface area contributed by atoms with Crippen LogP contribution in [0.25, 0.3) is 0 Å². The molecule has 1 aliphatic rings. The Kier molecular flexibility index (Phi) is 10.8. The standard InChI is InChI=1S/C15H28N2O4/c16-8-10-19-12-13-20-11-9-17-15(18)21-14-6-4-2-1-3-5-7-14/h1-2,14H,3-13,16H2,(H,17,18)/b2-1+. The molecule has 0 heterocycles.